The van der Waals surface area contributed by atoms with Crippen LogP contribution in [0.15, 0.2) is 18.3 Å². The van der Waals surface area contributed by atoms with E-state index in [4.69, 9.17) is 10.5 Å². The first kappa shape index (κ1) is 16.0. The summed E-state index contributed by atoms with van der Waals surface area (Å²) in [5.41, 5.74) is 7.88. The maximum atomic E-state index is 11.4. The quantitative estimate of drug-likeness (QED) is 0.830. The third-order valence-corrected chi connectivity index (χ3v) is 2.49. The number of ether oxygens (including phenoxy) is 1. The summed E-state index contributed by atoms with van der Waals surface area (Å²) in [6.45, 7) is 7.95. The first-order valence-corrected chi connectivity index (χ1v) is 6.64. The molecule has 1 aromatic rings. The number of nitrogens with two attached hydrogens (primary N) is 1. The van der Waals surface area contributed by atoms with E-state index in [2.05, 4.69) is 10.3 Å². The van der Waals surface area contributed by atoms with Gasteiger partial charge in [-0.1, -0.05) is 6.08 Å². The van der Waals surface area contributed by atoms with Gasteiger partial charge in [-0.3, -0.25) is 4.98 Å². The Morgan fingerprint density at radius 1 is 1.50 bits per heavy atom. The Hall–Kier alpha value is -2.04. The molecule has 0 atom stereocenters. The summed E-state index contributed by atoms with van der Waals surface area (Å²) in [6, 6.07) is 1.87. The number of rotatable bonds is 4. The van der Waals surface area contributed by atoms with Crippen molar-refractivity contribution >= 4 is 17.9 Å². The molecule has 0 aliphatic rings. The number of amides is 1. The smallest absolute Gasteiger partial charge is 0.407 e. The highest BCUT2D eigenvalue weighted by Crippen LogP contribution is 2.15. The van der Waals surface area contributed by atoms with Crippen molar-refractivity contribution in [1.82, 2.24) is 10.3 Å². The largest absolute Gasteiger partial charge is 0.444 e. The van der Waals surface area contributed by atoms with Gasteiger partial charge < -0.3 is 15.8 Å². The number of aromatic nitrogens is 1. The van der Waals surface area contributed by atoms with Crippen LogP contribution >= 0.6 is 0 Å². The summed E-state index contributed by atoms with van der Waals surface area (Å²) < 4.78 is 5.13. The SMILES string of the molecule is Cc1ccnc(C=CCCNC(=O)OC(C)(C)C)c1N. The molecule has 0 radical (unpaired) electrons. The summed E-state index contributed by atoms with van der Waals surface area (Å²) in [5.74, 6) is 0. The molecule has 5 nitrogen and oxygen atoms in total. The lowest BCUT2D eigenvalue weighted by Crippen LogP contribution is -2.32. The first-order valence-electron chi connectivity index (χ1n) is 6.64. The lowest BCUT2D eigenvalue weighted by atomic mass is 10.2. The molecule has 0 saturated carbocycles. The molecule has 0 spiro atoms. The zero-order valence-corrected chi connectivity index (χ0v) is 12.6. The third kappa shape index (κ3) is 5.73. The van der Waals surface area contributed by atoms with Crippen molar-refractivity contribution in [2.24, 2.45) is 0 Å². The van der Waals surface area contributed by atoms with Crippen molar-refractivity contribution in [3.05, 3.63) is 29.6 Å². The van der Waals surface area contributed by atoms with Gasteiger partial charge in [-0.25, -0.2) is 4.79 Å². The van der Waals surface area contributed by atoms with E-state index < -0.39 is 11.7 Å². The molecular weight excluding hydrogens is 254 g/mol. The van der Waals surface area contributed by atoms with Crippen LogP contribution in [0.1, 0.15) is 38.4 Å². The van der Waals surface area contributed by atoms with Crippen molar-refractivity contribution in [3.8, 4) is 0 Å². The zero-order valence-electron chi connectivity index (χ0n) is 12.6. The Balaban J connectivity index is 2.36. The van der Waals surface area contributed by atoms with E-state index in [1.165, 1.54) is 0 Å². The van der Waals surface area contributed by atoms with Crippen molar-refractivity contribution in [1.29, 1.82) is 0 Å². The second-order valence-corrected chi connectivity index (χ2v) is 5.55. The van der Waals surface area contributed by atoms with Crippen LogP contribution in [0.5, 0.6) is 0 Å². The Morgan fingerprint density at radius 2 is 2.20 bits per heavy atom. The topological polar surface area (TPSA) is 77.2 Å². The molecule has 0 bridgehead atoms. The molecule has 0 unspecified atom stereocenters. The summed E-state index contributed by atoms with van der Waals surface area (Å²) >= 11 is 0. The number of nitrogen functional groups attached to an aromatic ring is 1. The van der Waals surface area contributed by atoms with E-state index in [0.29, 0.717) is 18.7 Å². The van der Waals surface area contributed by atoms with Crippen molar-refractivity contribution in [2.75, 3.05) is 12.3 Å². The molecule has 0 aromatic carbocycles. The second-order valence-electron chi connectivity index (χ2n) is 5.55. The lowest BCUT2D eigenvalue weighted by Gasteiger charge is -2.19. The Morgan fingerprint density at radius 3 is 2.85 bits per heavy atom. The van der Waals surface area contributed by atoms with Gasteiger partial charge in [0.15, 0.2) is 0 Å². The average Bonchev–Trinajstić information content (AvgIpc) is 2.31. The van der Waals surface area contributed by atoms with E-state index >= 15 is 0 Å². The van der Waals surface area contributed by atoms with Crippen LogP contribution in [0.2, 0.25) is 0 Å². The van der Waals surface area contributed by atoms with Crippen LogP contribution in [0.4, 0.5) is 10.5 Å². The number of hydrogen-bond acceptors (Lipinski definition) is 4. The van der Waals surface area contributed by atoms with E-state index in [-0.39, 0.29) is 0 Å². The predicted molar refractivity (Wildman–Crippen MR) is 81.3 cm³/mol. The maximum Gasteiger partial charge on any atom is 0.407 e. The summed E-state index contributed by atoms with van der Waals surface area (Å²) in [4.78, 5) is 15.6. The molecule has 0 saturated heterocycles. The minimum Gasteiger partial charge on any atom is -0.444 e. The van der Waals surface area contributed by atoms with E-state index in [1.54, 1.807) is 6.20 Å². The molecular formula is C15H23N3O2. The molecule has 0 aliphatic carbocycles. The number of nitrogens with one attached hydrogen (secondary N) is 1. The van der Waals surface area contributed by atoms with Crippen molar-refractivity contribution in [3.63, 3.8) is 0 Å². The fourth-order valence-corrected chi connectivity index (χ4v) is 1.49. The molecule has 1 rings (SSSR count). The number of nitrogens with zero attached hydrogens (tertiary/aromatic N) is 1. The molecule has 3 N–H and O–H groups in total. The van der Waals surface area contributed by atoms with Gasteiger partial charge >= 0.3 is 6.09 Å². The molecule has 1 heterocycles. The number of carbonyl (C=O) groups excluding carboxylic acids is 1. The zero-order chi connectivity index (χ0) is 15.2. The molecule has 110 valence electrons. The minimum absolute atomic E-state index is 0.404. The summed E-state index contributed by atoms with van der Waals surface area (Å²) in [6.07, 6.45) is 5.80. The minimum atomic E-state index is -0.472. The summed E-state index contributed by atoms with van der Waals surface area (Å²) in [5, 5.41) is 2.69. The number of hydrogen-bond donors (Lipinski definition) is 2. The van der Waals surface area contributed by atoms with Crippen molar-refractivity contribution in [2.45, 2.75) is 39.7 Å². The molecule has 20 heavy (non-hydrogen) atoms. The van der Waals surface area contributed by atoms with Gasteiger partial charge in [0.25, 0.3) is 0 Å². The Kier molecular flexibility index (Phi) is 5.55. The molecule has 1 aromatic heterocycles. The fourth-order valence-electron chi connectivity index (χ4n) is 1.49. The number of anilines is 1. The first-order chi connectivity index (χ1) is 9.29. The van der Waals surface area contributed by atoms with Crippen LogP contribution < -0.4 is 11.1 Å². The molecule has 5 heteroatoms. The van der Waals surface area contributed by atoms with Gasteiger partial charge in [-0.2, -0.15) is 0 Å². The van der Waals surface area contributed by atoms with Crippen molar-refractivity contribution < 1.29 is 9.53 Å². The fraction of sp³-hybridized carbons (Fsp3) is 0.467. The van der Waals surface area contributed by atoms with E-state index in [0.717, 1.165) is 11.3 Å². The van der Waals surface area contributed by atoms with E-state index in [1.807, 2.05) is 45.9 Å². The van der Waals surface area contributed by atoms with Gasteiger partial charge in [0.1, 0.15) is 5.60 Å². The molecule has 0 fully saturated rings. The lowest BCUT2D eigenvalue weighted by molar-refractivity contribution is 0.0529. The predicted octanol–water partition coefficient (Wildman–Crippen LogP) is 2.90. The Bertz CT molecular complexity index is 490. The number of pyridine rings is 1. The third-order valence-electron chi connectivity index (χ3n) is 2.49. The van der Waals surface area contributed by atoms with Gasteiger partial charge in [0, 0.05) is 12.7 Å². The molecule has 0 aliphatic heterocycles. The van der Waals surface area contributed by atoms with Crippen LogP contribution in [0.25, 0.3) is 6.08 Å². The van der Waals surface area contributed by atoms with E-state index in [9.17, 15) is 4.79 Å². The number of carbonyl (C=O) groups is 1. The van der Waals surface area contributed by atoms with Gasteiger partial charge in [0.2, 0.25) is 0 Å². The van der Waals surface area contributed by atoms with Gasteiger partial charge in [0.05, 0.1) is 11.4 Å². The van der Waals surface area contributed by atoms with Gasteiger partial charge in [-0.15, -0.1) is 0 Å². The van der Waals surface area contributed by atoms with Crippen LogP contribution in [0.3, 0.4) is 0 Å². The maximum absolute atomic E-state index is 11.4. The number of aryl methyl sites for hydroxylation is 1. The summed E-state index contributed by atoms with van der Waals surface area (Å²) in [7, 11) is 0. The van der Waals surface area contributed by atoms with Crippen LogP contribution in [-0.4, -0.2) is 23.2 Å². The monoisotopic (exact) mass is 277 g/mol. The molecule has 1 amide bonds. The van der Waals surface area contributed by atoms with Crippen LogP contribution in [0, 0.1) is 6.92 Å². The highest BCUT2D eigenvalue weighted by Gasteiger charge is 2.15. The standard InChI is InChI=1S/C15H23N3O2/c1-11-8-10-17-12(13(11)16)7-5-6-9-18-14(19)20-15(2,3)4/h5,7-8,10H,6,9,16H2,1-4H3,(H,18,19). The Labute approximate surface area is 120 Å². The second kappa shape index (κ2) is 6.93. The average molecular weight is 277 g/mol. The highest BCUT2D eigenvalue weighted by molar-refractivity contribution is 5.67. The normalized spacial score (nSPS) is 11.6. The highest BCUT2D eigenvalue weighted by atomic mass is 16.6. The number of alkyl carbamates (subject to hydrolysis) is 1. The van der Waals surface area contributed by atoms with Gasteiger partial charge in [-0.05, 0) is 51.8 Å². The van der Waals surface area contributed by atoms with Crippen LogP contribution in [-0.2, 0) is 4.74 Å².